The van der Waals surface area contributed by atoms with Crippen molar-refractivity contribution < 1.29 is 19.7 Å². The van der Waals surface area contributed by atoms with Crippen molar-refractivity contribution >= 4 is 12.0 Å². The second-order valence-corrected chi connectivity index (χ2v) is 6.31. The van der Waals surface area contributed by atoms with Gasteiger partial charge < -0.3 is 14.9 Å². The van der Waals surface area contributed by atoms with Crippen molar-refractivity contribution in [1.29, 1.82) is 0 Å². The summed E-state index contributed by atoms with van der Waals surface area (Å²) in [6, 6.07) is 12.1. The molecule has 1 atom stereocenters. The minimum absolute atomic E-state index is 0.0411. The average molecular weight is 362 g/mol. The Labute approximate surface area is 158 Å². The second kappa shape index (κ2) is 8.90. The van der Waals surface area contributed by atoms with E-state index in [4.69, 9.17) is 4.74 Å². The highest BCUT2D eigenvalue weighted by Gasteiger charge is 2.22. The first-order chi connectivity index (χ1) is 13.1. The van der Waals surface area contributed by atoms with Gasteiger partial charge in [0.2, 0.25) is 0 Å². The highest BCUT2D eigenvalue weighted by Crippen LogP contribution is 2.31. The molecule has 0 radical (unpaired) electrons. The third kappa shape index (κ3) is 4.88. The molecule has 27 heavy (non-hydrogen) atoms. The molecule has 138 valence electrons. The maximum atomic E-state index is 12.9. The lowest BCUT2D eigenvalue weighted by atomic mass is 10.0. The van der Waals surface area contributed by atoms with E-state index in [0.717, 1.165) is 24.5 Å². The highest BCUT2D eigenvalue weighted by atomic mass is 16.5. The summed E-state index contributed by atoms with van der Waals surface area (Å²) in [5, 5.41) is 20.0. The Morgan fingerprint density at radius 3 is 2.52 bits per heavy atom. The number of hydrogen-bond donors (Lipinski definition) is 2. The van der Waals surface area contributed by atoms with Crippen LogP contribution in [0.25, 0.3) is 6.08 Å². The van der Waals surface area contributed by atoms with E-state index in [9.17, 15) is 15.0 Å². The van der Waals surface area contributed by atoms with Gasteiger partial charge in [-0.05, 0) is 30.0 Å². The molecule has 0 bridgehead atoms. The van der Waals surface area contributed by atoms with Crippen LogP contribution in [0.1, 0.15) is 46.9 Å². The Hall–Kier alpha value is -3.27. The zero-order chi connectivity index (χ0) is 19.1. The van der Waals surface area contributed by atoms with E-state index in [0.29, 0.717) is 12.0 Å². The SMILES string of the molecule is O=C1O[C@H](c2ccccc2)CC=CCCC=CC=Cc2cc(O)cc(O)c21. The average Bonchev–Trinajstić information content (AvgIpc) is 2.65. The Morgan fingerprint density at radius 2 is 1.70 bits per heavy atom. The first-order valence-electron chi connectivity index (χ1n) is 8.95. The Balaban J connectivity index is 2.01. The van der Waals surface area contributed by atoms with E-state index in [1.54, 1.807) is 12.2 Å². The van der Waals surface area contributed by atoms with Crippen molar-refractivity contribution in [1.82, 2.24) is 0 Å². The summed E-state index contributed by atoms with van der Waals surface area (Å²) in [6.07, 6.45) is 13.3. The monoisotopic (exact) mass is 362 g/mol. The number of phenols is 2. The topological polar surface area (TPSA) is 66.8 Å². The van der Waals surface area contributed by atoms with Crippen molar-refractivity contribution in [2.75, 3.05) is 0 Å². The predicted molar refractivity (Wildman–Crippen MR) is 106 cm³/mol. The molecule has 0 aliphatic carbocycles. The van der Waals surface area contributed by atoms with Gasteiger partial charge in [0, 0.05) is 12.5 Å². The van der Waals surface area contributed by atoms with Crippen LogP contribution in [0.15, 0.2) is 72.8 Å². The number of benzene rings is 2. The summed E-state index contributed by atoms with van der Waals surface area (Å²) in [4.78, 5) is 12.9. The molecule has 1 aliphatic rings. The van der Waals surface area contributed by atoms with Gasteiger partial charge in [-0.3, -0.25) is 0 Å². The zero-order valence-corrected chi connectivity index (χ0v) is 14.9. The summed E-state index contributed by atoms with van der Waals surface area (Å²) in [7, 11) is 0. The number of carbonyl (C=O) groups excluding carboxylic acids is 1. The van der Waals surface area contributed by atoms with Crippen LogP contribution in [-0.4, -0.2) is 16.2 Å². The standard InChI is InChI=1S/C23H22O4/c24-19-15-18-13-7-4-2-1-3-5-10-14-21(17-11-8-6-9-12-17)27-23(26)22(18)20(25)16-19/h2,4-13,15-16,21,24-25H,1,3,14H2/t21-/m0/s1. The number of hydrogen-bond acceptors (Lipinski definition) is 4. The number of esters is 1. The predicted octanol–water partition coefficient (Wildman–Crippen LogP) is 5.31. The van der Waals surface area contributed by atoms with Crippen LogP contribution in [-0.2, 0) is 4.74 Å². The molecular weight excluding hydrogens is 340 g/mol. The molecule has 1 heterocycles. The maximum absolute atomic E-state index is 12.9. The number of fused-ring (bicyclic) bond motifs is 1. The van der Waals surface area contributed by atoms with Gasteiger partial charge in [-0.1, -0.05) is 66.8 Å². The van der Waals surface area contributed by atoms with E-state index in [2.05, 4.69) is 6.08 Å². The van der Waals surface area contributed by atoms with Gasteiger partial charge in [-0.25, -0.2) is 4.79 Å². The lowest BCUT2D eigenvalue weighted by Crippen LogP contribution is -2.13. The number of ether oxygens (including phenoxy) is 1. The first-order valence-corrected chi connectivity index (χ1v) is 8.95. The minimum atomic E-state index is -0.629. The van der Waals surface area contributed by atoms with E-state index in [1.807, 2.05) is 48.6 Å². The molecule has 0 fully saturated rings. The molecular formula is C23H22O4. The summed E-state index contributed by atoms with van der Waals surface area (Å²) in [5.74, 6) is -1.05. The molecule has 1 aliphatic heterocycles. The normalized spacial score (nSPS) is 17.8. The molecule has 0 spiro atoms. The van der Waals surface area contributed by atoms with E-state index >= 15 is 0 Å². The van der Waals surface area contributed by atoms with Crippen molar-refractivity contribution in [3.8, 4) is 11.5 Å². The van der Waals surface area contributed by atoms with Crippen LogP contribution in [0.3, 0.4) is 0 Å². The number of aromatic hydroxyl groups is 2. The second-order valence-electron chi connectivity index (χ2n) is 6.31. The van der Waals surface area contributed by atoms with Crippen LogP contribution in [0.2, 0.25) is 0 Å². The number of rotatable bonds is 1. The van der Waals surface area contributed by atoms with E-state index in [1.165, 1.54) is 6.07 Å². The summed E-state index contributed by atoms with van der Waals surface area (Å²) < 4.78 is 5.74. The fourth-order valence-corrected chi connectivity index (χ4v) is 2.96. The smallest absolute Gasteiger partial charge is 0.343 e. The van der Waals surface area contributed by atoms with Gasteiger partial charge in [0.25, 0.3) is 0 Å². The van der Waals surface area contributed by atoms with Gasteiger partial charge in [-0.15, -0.1) is 0 Å². The Bertz CT molecular complexity index is 879. The summed E-state index contributed by atoms with van der Waals surface area (Å²) >= 11 is 0. The van der Waals surface area contributed by atoms with Crippen molar-refractivity contribution in [3.63, 3.8) is 0 Å². The number of carbonyl (C=O) groups is 1. The minimum Gasteiger partial charge on any atom is -0.508 e. The third-order valence-electron chi connectivity index (χ3n) is 4.30. The van der Waals surface area contributed by atoms with Gasteiger partial charge in [-0.2, -0.15) is 0 Å². The maximum Gasteiger partial charge on any atom is 0.343 e. The number of allylic oxidation sites excluding steroid dienone is 4. The fourth-order valence-electron chi connectivity index (χ4n) is 2.96. The van der Waals surface area contributed by atoms with Crippen LogP contribution in [0, 0.1) is 0 Å². The first kappa shape index (κ1) is 18.5. The highest BCUT2D eigenvalue weighted by molar-refractivity contribution is 5.97. The van der Waals surface area contributed by atoms with Gasteiger partial charge in [0.05, 0.1) is 0 Å². The molecule has 2 aromatic carbocycles. The molecule has 0 unspecified atom stereocenters. The molecule has 0 saturated carbocycles. The van der Waals surface area contributed by atoms with Crippen molar-refractivity contribution in [3.05, 3.63) is 89.5 Å². The summed E-state index contributed by atoms with van der Waals surface area (Å²) in [5.41, 5.74) is 1.33. The molecule has 4 heteroatoms. The van der Waals surface area contributed by atoms with Crippen molar-refractivity contribution in [2.45, 2.75) is 25.4 Å². The van der Waals surface area contributed by atoms with Crippen LogP contribution in [0.5, 0.6) is 11.5 Å². The van der Waals surface area contributed by atoms with Gasteiger partial charge in [0.1, 0.15) is 23.2 Å². The summed E-state index contributed by atoms with van der Waals surface area (Å²) in [6.45, 7) is 0. The molecule has 2 N–H and O–H groups in total. The van der Waals surface area contributed by atoms with Crippen LogP contribution >= 0.6 is 0 Å². The Morgan fingerprint density at radius 1 is 0.926 bits per heavy atom. The van der Waals surface area contributed by atoms with E-state index in [-0.39, 0.29) is 17.1 Å². The van der Waals surface area contributed by atoms with Crippen molar-refractivity contribution in [2.24, 2.45) is 0 Å². The fraction of sp³-hybridized carbons (Fsp3) is 0.174. The van der Waals surface area contributed by atoms with Crippen LogP contribution < -0.4 is 0 Å². The van der Waals surface area contributed by atoms with E-state index < -0.39 is 12.1 Å². The number of cyclic esters (lactones) is 1. The lowest BCUT2D eigenvalue weighted by molar-refractivity contribution is 0.0300. The molecule has 0 amide bonds. The van der Waals surface area contributed by atoms with Gasteiger partial charge in [0.15, 0.2) is 0 Å². The molecule has 0 saturated heterocycles. The molecule has 4 nitrogen and oxygen atoms in total. The third-order valence-corrected chi connectivity index (χ3v) is 4.30. The lowest BCUT2D eigenvalue weighted by Gasteiger charge is -2.18. The molecule has 0 aromatic heterocycles. The largest absolute Gasteiger partial charge is 0.508 e. The molecule has 2 aromatic rings. The van der Waals surface area contributed by atoms with Gasteiger partial charge >= 0.3 is 5.97 Å². The Kier molecular flexibility index (Phi) is 6.10. The molecule has 3 rings (SSSR count). The zero-order valence-electron chi connectivity index (χ0n) is 14.9. The van der Waals surface area contributed by atoms with Crippen LogP contribution in [0.4, 0.5) is 0 Å². The number of phenolic OH excluding ortho intramolecular Hbond substituents is 2. The quantitative estimate of drug-likeness (QED) is 0.533.